The standard InChI is InChI=1S/C17H24N4O.ClH/c1-13(2)16(18)9-12-20(3)17(22)14-5-7-15(8-6-14)21-11-4-10-19-21;/h4-8,10-11,13,16H,9,12,18H2,1-3H3;1H. The Hall–Kier alpha value is -1.85. The van der Waals surface area contributed by atoms with Crippen molar-refractivity contribution in [2.75, 3.05) is 13.6 Å². The Kier molecular flexibility index (Phi) is 7.26. The van der Waals surface area contributed by atoms with Gasteiger partial charge in [-0.3, -0.25) is 4.79 Å². The molecule has 2 rings (SSSR count). The van der Waals surface area contributed by atoms with Gasteiger partial charge in [-0.05, 0) is 42.7 Å². The van der Waals surface area contributed by atoms with Crippen LogP contribution in [0.5, 0.6) is 0 Å². The fourth-order valence-electron chi connectivity index (χ4n) is 2.18. The molecular formula is C17H25ClN4O. The summed E-state index contributed by atoms with van der Waals surface area (Å²) in [6.45, 7) is 4.86. The second kappa shape index (κ2) is 8.70. The van der Waals surface area contributed by atoms with E-state index in [1.54, 1.807) is 15.8 Å². The zero-order valence-corrected chi connectivity index (χ0v) is 14.7. The van der Waals surface area contributed by atoms with Crippen molar-refractivity contribution in [3.63, 3.8) is 0 Å². The molecule has 0 fully saturated rings. The summed E-state index contributed by atoms with van der Waals surface area (Å²) in [5, 5.41) is 4.17. The molecule has 0 radical (unpaired) electrons. The molecule has 2 N–H and O–H groups in total. The molecule has 0 saturated carbocycles. The molecule has 1 aromatic heterocycles. The predicted molar refractivity (Wildman–Crippen MR) is 95.2 cm³/mol. The molecule has 1 unspecified atom stereocenters. The molecule has 2 aromatic rings. The first kappa shape index (κ1) is 19.2. The Labute approximate surface area is 143 Å². The van der Waals surface area contributed by atoms with Crippen LogP contribution in [0.1, 0.15) is 30.6 Å². The van der Waals surface area contributed by atoms with Gasteiger partial charge in [-0.25, -0.2) is 4.68 Å². The van der Waals surface area contributed by atoms with E-state index < -0.39 is 0 Å². The van der Waals surface area contributed by atoms with E-state index in [4.69, 9.17) is 5.73 Å². The molecule has 1 amide bonds. The van der Waals surface area contributed by atoms with E-state index in [9.17, 15) is 4.79 Å². The van der Waals surface area contributed by atoms with Crippen molar-refractivity contribution in [1.82, 2.24) is 14.7 Å². The molecule has 0 aliphatic heterocycles. The second-order valence-electron chi connectivity index (χ2n) is 5.92. The molecule has 0 aliphatic rings. The summed E-state index contributed by atoms with van der Waals surface area (Å²) < 4.78 is 1.76. The first-order chi connectivity index (χ1) is 10.5. The quantitative estimate of drug-likeness (QED) is 0.882. The number of amides is 1. The summed E-state index contributed by atoms with van der Waals surface area (Å²) in [6, 6.07) is 9.45. The highest BCUT2D eigenvalue weighted by atomic mass is 35.5. The summed E-state index contributed by atoms with van der Waals surface area (Å²) in [5.41, 5.74) is 7.64. The molecule has 0 saturated heterocycles. The van der Waals surface area contributed by atoms with Crippen LogP contribution in [0.4, 0.5) is 0 Å². The largest absolute Gasteiger partial charge is 0.342 e. The lowest BCUT2D eigenvalue weighted by Gasteiger charge is -2.21. The number of nitrogens with two attached hydrogens (primary N) is 1. The molecule has 23 heavy (non-hydrogen) atoms. The van der Waals surface area contributed by atoms with E-state index in [0.29, 0.717) is 18.0 Å². The minimum absolute atomic E-state index is 0. The summed E-state index contributed by atoms with van der Waals surface area (Å²) in [7, 11) is 1.82. The number of halogens is 1. The Morgan fingerprint density at radius 2 is 1.96 bits per heavy atom. The van der Waals surface area contributed by atoms with Gasteiger partial charge >= 0.3 is 0 Å². The smallest absolute Gasteiger partial charge is 0.253 e. The maximum Gasteiger partial charge on any atom is 0.253 e. The van der Waals surface area contributed by atoms with Crippen LogP contribution in [0.3, 0.4) is 0 Å². The highest BCUT2D eigenvalue weighted by Gasteiger charge is 2.14. The van der Waals surface area contributed by atoms with Gasteiger partial charge in [0.1, 0.15) is 0 Å². The molecule has 1 atom stereocenters. The first-order valence-electron chi connectivity index (χ1n) is 7.60. The lowest BCUT2D eigenvalue weighted by molar-refractivity contribution is 0.0789. The Morgan fingerprint density at radius 3 is 2.48 bits per heavy atom. The van der Waals surface area contributed by atoms with Crippen molar-refractivity contribution >= 4 is 18.3 Å². The normalized spacial score (nSPS) is 11.9. The van der Waals surface area contributed by atoms with Crippen LogP contribution < -0.4 is 5.73 Å². The third-order valence-corrected chi connectivity index (χ3v) is 3.88. The van der Waals surface area contributed by atoms with Crippen molar-refractivity contribution < 1.29 is 4.79 Å². The van der Waals surface area contributed by atoms with Crippen LogP contribution in [-0.2, 0) is 0 Å². The van der Waals surface area contributed by atoms with E-state index >= 15 is 0 Å². The summed E-state index contributed by atoms with van der Waals surface area (Å²) in [6.07, 6.45) is 4.41. The number of aromatic nitrogens is 2. The average molecular weight is 337 g/mol. The van der Waals surface area contributed by atoms with Crippen molar-refractivity contribution in [3.05, 3.63) is 48.3 Å². The Morgan fingerprint density at radius 1 is 1.30 bits per heavy atom. The highest BCUT2D eigenvalue weighted by molar-refractivity contribution is 5.94. The Balaban J connectivity index is 0.00000264. The van der Waals surface area contributed by atoms with Crippen LogP contribution in [0.15, 0.2) is 42.7 Å². The van der Waals surface area contributed by atoms with Crippen molar-refractivity contribution in [2.24, 2.45) is 11.7 Å². The minimum atomic E-state index is 0. The third kappa shape index (κ3) is 5.08. The molecule has 6 heteroatoms. The van der Waals surface area contributed by atoms with Crippen LogP contribution in [0, 0.1) is 5.92 Å². The average Bonchev–Trinajstić information content (AvgIpc) is 3.06. The molecule has 0 aliphatic carbocycles. The van der Waals surface area contributed by atoms with Crippen molar-refractivity contribution in [3.8, 4) is 5.69 Å². The highest BCUT2D eigenvalue weighted by Crippen LogP contribution is 2.11. The summed E-state index contributed by atoms with van der Waals surface area (Å²) in [4.78, 5) is 14.1. The number of rotatable bonds is 6. The van der Waals surface area contributed by atoms with E-state index in [0.717, 1.165) is 12.1 Å². The molecule has 5 nitrogen and oxygen atoms in total. The van der Waals surface area contributed by atoms with Gasteiger partial charge in [0.25, 0.3) is 5.91 Å². The van der Waals surface area contributed by atoms with Gasteiger partial charge in [-0.1, -0.05) is 13.8 Å². The number of hydrogen-bond donors (Lipinski definition) is 1. The molecular weight excluding hydrogens is 312 g/mol. The fourth-order valence-corrected chi connectivity index (χ4v) is 2.18. The molecule has 0 spiro atoms. The molecule has 1 aromatic carbocycles. The third-order valence-electron chi connectivity index (χ3n) is 3.88. The zero-order chi connectivity index (χ0) is 16.1. The lowest BCUT2D eigenvalue weighted by Crippen LogP contribution is -2.34. The molecule has 1 heterocycles. The molecule has 126 valence electrons. The van der Waals surface area contributed by atoms with Gasteiger partial charge in [0.2, 0.25) is 0 Å². The fraction of sp³-hybridized carbons (Fsp3) is 0.412. The number of nitrogens with zero attached hydrogens (tertiary/aromatic N) is 3. The van der Waals surface area contributed by atoms with Crippen LogP contribution in [-0.4, -0.2) is 40.2 Å². The maximum atomic E-state index is 12.4. The van der Waals surface area contributed by atoms with Crippen molar-refractivity contribution in [1.29, 1.82) is 0 Å². The topological polar surface area (TPSA) is 64.2 Å². The molecule has 0 bridgehead atoms. The van der Waals surface area contributed by atoms with Crippen molar-refractivity contribution in [2.45, 2.75) is 26.3 Å². The van der Waals surface area contributed by atoms with Gasteiger partial charge in [-0.15, -0.1) is 12.4 Å². The summed E-state index contributed by atoms with van der Waals surface area (Å²) in [5.74, 6) is 0.444. The van der Waals surface area contributed by atoms with Gasteiger partial charge in [-0.2, -0.15) is 5.10 Å². The number of benzene rings is 1. The number of carbonyl (C=O) groups excluding carboxylic acids is 1. The van der Waals surface area contributed by atoms with E-state index in [2.05, 4.69) is 18.9 Å². The second-order valence-corrected chi connectivity index (χ2v) is 5.92. The van der Waals surface area contributed by atoms with Crippen LogP contribution in [0.25, 0.3) is 5.69 Å². The van der Waals surface area contributed by atoms with Crippen LogP contribution >= 0.6 is 12.4 Å². The number of carbonyl (C=O) groups is 1. The maximum absolute atomic E-state index is 12.4. The number of hydrogen-bond acceptors (Lipinski definition) is 3. The van der Waals surface area contributed by atoms with E-state index in [1.165, 1.54) is 0 Å². The zero-order valence-electron chi connectivity index (χ0n) is 13.8. The van der Waals surface area contributed by atoms with Gasteiger partial charge in [0.05, 0.1) is 5.69 Å². The predicted octanol–water partition coefficient (Wildman–Crippen LogP) is 2.74. The lowest BCUT2D eigenvalue weighted by atomic mass is 10.0. The first-order valence-corrected chi connectivity index (χ1v) is 7.60. The summed E-state index contributed by atoms with van der Waals surface area (Å²) >= 11 is 0. The van der Waals surface area contributed by atoms with Gasteiger partial charge in [0.15, 0.2) is 0 Å². The SMILES string of the molecule is CC(C)C(N)CCN(C)C(=O)c1ccc(-n2cccn2)cc1.Cl. The van der Waals surface area contributed by atoms with Gasteiger partial charge < -0.3 is 10.6 Å². The monoisotopic (exact) mass is 336 g/mol. The van der Waals surface area contributed by atoms with Gasteiger partial charge in [0, 0.05) is 37.6 Å². The minimum Gasteiger partial charge on any atom is -0.342 e. The van der Waals surface area contributed by atoms with E-state index in [1.807, 2.05) is 43.6 Å². The van der Waals surface area contributed by atoms with E-state index in [-0.39, 0.29) is 24.4 Å². The Bertz CT molecular complexity index is 596. The van der Waals surface area contributed by atoms with Crippen LogP contribution in [0.2, 0.25) is 0 Å².